The fourth-order valence-corrected chi connectivity index (χ4v) is 3.84. The Balaban J connectivity index is 1.51. The number of amides is 1. The van der Waals surface area contributed by atoms with Gasteiger partial charge in [0, 0.05) is 31.4 Å². The van der Waals surface area contributed by atoms with Gasteiger partial charge >= 0.3 is 6.18 Å². The lowest BCUT2D eigenvalue weighted by molar-refractivity contribution is -0.137. The summed E-state index contributed by atoms with van der Waals surface area (Å²) < 4.78 is 38.3. The van der Waals surface area contributed by atoms with Crippen LogP contribution < -0.4 is 10.6 Å². The molecule has 0 aliphatic carbocycles. The third-order valence-corrected chi connectivity index (χ3v) is 5.67. The molecule has 31 heavy (non-hydrogen) atoms. The Hall–Kier alpha value is -2.54. The Bertz CT molecular complexity index is 829. The van der Waals surface area contributed by atoms with Gasteiger partial charge in [-0.2, -0.15) is 13.2 Å². The highest BCUT2D eigenvalue weighted by Gasteiger charge is 2.30. The number of nitrogens with zero attached hydrogens (tertiary/aromatic N) is 1. The van der Waals surface area contributed by atoms with Gasteiger partial charge in [-0.25, -0.2) is 0 Å². The van der Waals surface area contributed by atoms with Crippen LogP contribution in [0.1, 0.15) is 37.8 Å². The molecule has 1 aliphatic heterocycles. The minimum atomic E-state index is -4.37. The van der Waals surface area contributed by atoms with E-state index in [2.05, 4.69) is 27.7 Å². The van der Waals surface area contributed by atoms with E-state index in [1.165, 1.54) is 17.7 Å². The topological polar surface area (TPSA) is 44.4 Å². The third kappa shape index (κ3) is 6.72. The van der Waals surface area contributed by atoms with Crippen molar-refractivity contribution >= 4 is 11.6 Å². The van der Waals surface area contributed by atoms with Crippen molar-refractivity contribution in [2.45, 2.75) is 51.5 Å². The van der Waals surface area contributed by atoms with Crippen molar-refractivity contribution in [2.75, 3.05) is 18.4 Å². The SMILES string of the molecule is CC(C)[C@@H](Nc1ccc(C(F)(F)F)cc1)C(=O)NC1CCN(Cc2ccccc2)CC1. The predicted molar refractivity (Wildman–Crippen MR) is 117 cm³/mol. The maximum Gasteiger partial charge on any atom is 0.416 e. The van der Waals surface area contributed by atoms with Crippen molar-refractivity contribution in [3.05, 3.63) is 65.7 Å². The largest absolute Gasteiger partial charge is 0.416 e. The van der Waals surface area contributed by atoms with Gasteiger partial charge < -0.3 is 10.6 Å². The first kappa shape index (κ1) is 23.1. The molecule has 0 saturated carbocycles. The second-order valence-corrected chi connectivity index (χ2v) is 8.49. The van der Waals surface area contributed by atoms with Gasteiger partial charge in [-0.05, 0) is 48.6 Å². The summed E-state index contributed by atoms with van der Waals surface area (Å²) >= 11 is 0. The number of hydrogen-bond acceptors (Lipinski definition) is 3. The Morgan fingerprint density at radius 2 is 1.65 bits per heavy atom. The van der Waals surface area contributed by atoms with Crippen LogP contribution >= 0.6 is 0 Å². The smallest absolute Gasteiger partial charge is 0.373 e. The van der Waals surface area contributed by atoms with E-state index < -0.39 is 17.8 Å². The van der Waals surface area contributed by atoms with Crippen molar-refractivity contribution in [3.63, 3.8) is 0 Å². The third-order valence-electron chi connectivity index (χ3n) is 5.67. The average Bonchev–Trinajstić information content (AvgIpc) is 2.73. The van der Waals surface area contributed by atoms with Crippen LogP contribution in [0.4, 0.5) is 18.9 Å². The molecule has 168 valence electrons. The molecule has 1 heterocycles. The standard InChI is InChI=1S/C24H30F3N3O/c1-17(2)22(28-20-10-8-19(9-11-20)24(25,26)27)23(31)29-21-12-14-30(15-13-21)16-18-6-4-3-5-7-18/h3-11,17,21-22,28H,12-16H2,1-2H3,(H,29,31)/t22-/m1/s1. The van der Waals surface area contributed by atoms with E-state index in [-0.39, 0.29) is 17.9 Å². The van der Waals surface area contributed by atoms with Crippen molar-refractivity contribution in [1.29, 1.82) is 0 Å². The van der Waals surface area contributed by atoms with E-state index in [1.54, 1.807) is 0 Å². The van der Waals surface area contributed by atoms with Crippen LogP contribution in [0.3, 0.4) is 0 Å². The molecule has 4 nitrogen and oxygen atoms in total. The van der Waals surface area contributed by atoms with Gasteiger partial charge in [-0.1, -0.05) is 44.2 Å². The summed E-state index contributed by atoms with van der Waals surface area (Å²) in [5.41, 5.74) is 1.08. The Labute approximate surface area is 181 Å². The van der Waals surface area contributed by atoms with Crippen LogP contribution in [-0.2, 0) is 17.5 Å². The highest BCUT2D eigenvalue weighted by Crippen LogP contribution is 2.30. The molecular weight excluding hydrogens is 403 g/mol. The first-order valence-corrected chi connectivity index (χ1v) is 10.7. The Morgan fingerprint density at radius 3 is 2.19 bits per heavy atom. The monoisotopic (exact) mass is 433 g/mol. The minimum Gasteiger partial charge on any atom is -0.373 e. The van der Waals surface area contributed by atoms with Crippen LogP contribution in [0, 0.1) is 5.92 Å². The minimum absolute atomic E-state index is 0.0135. The molecule has 2 aromatic rings. The zero-order chi connectivity index (χ0) is 22.4. The van der Waals surface area contributed by atoms with Crippen molar-refractivity contribution in [3.8, 4) is 0 Å². The number of alkyl halides is 3. The molecule has 1 fully saturated rings. The van der Waals surface area contributed by atoms with E-state index in [0.717, 1.165) is 44.6 Å². The van der Waals surface area contributed by atoms with E-state index in [0.29, 0.717) is 5.69 Å². The summed E-state index contributed by atoms with van der Waals surface area (Å²) in [6, 6.07) is 14.7. The number of likely N-dealkylation sites (tertiary alicyclic amines) is 1. The van der Waals surface area contributed by atoms with Crippen LogP contribution in [-0.4, -0.2) is 36.0 Å². The summed E-state index contributed by atoms with van der Waals surface area (Å²) in [5, 5.41) is 6.23. The van der Waals surface area contributed by atoms with Gasteiger partial charge in [-0.3, -0.25) is 9.69 Å². The van der Waals surface area contributed by atoms with Crippen LogP contribution in [0.15, 0.2) is 54.6 Å². The predicted octanol–water partition coefficient (Wildman–Crippen LogP) is 4.92. The average molecular weight is 434 g/mol. The molecule has 0 spiro atoms. The lowest BCUT2D eigenvalue weighted by atomic mass is 10.00. The van der Waals surface area contributed by atoms with Crippen LogP contribution in [0.2, 0.25) is 0 Å². The second kappa shape index (κ2) is 10.2. The molecule has 0 aromatic heterocycles. The van der Waals surface area contributed by atoms with Gasteiger partial charge in [0.05, 0.1) is 5.56 Å². The zero-order valence-electron chi connectivity index (χ0n) is 18.0. The second-order valence-electron chi connectivity index (χ2n) is 8.49. The maximum atomic E-state index is 12.9. The van der Waals surface area contributed by atoms with Gasteiger partial charge in [-0.15, -0.1) is 0 Å². The normalized spacial score (nSPS) is 16.8. The highest BCUT2D eigenvalue weighted by molar-refractivity contribution is 5.85. The number of carbonyl (C=O) groups excluding carboxylic acids is 1. The molecule has 2 N–H and O–H groups in total. The maximum absolute atomic E-state index is 12.9. The van der Waals surface area contributed by atoms with Crippen LogP contribution in [0.25, 0.3) is 0 Å². The number of carbonyl (C=O) groups is 1. The van der Waals surface area contributed by atoms with Gasteiger partial charge in [0.2, 0.25) is 5.91 Å². The Kier molecular flexibility index (Phi) is 7.59. The lowest BCUT2D eigenvalue weighted by Crippen LogP contribution is -2.50. The first-order chi connectivity index (χ1) is 14.7. The molecule has 0 unspecified atom stereocenters. The molecule has 1 saturated heterocycles. The number of hydrogen-bond donors (Lipinski definition) is 2. The van der Waals surface area contributed by atoms with Crippen LogP contribution in [0.5, 0.6) is 0 Å². The molecule has 0 bridgehead atoms. The fraction of sp³-hybridized carbons (Fsp3) is 0.458. The van der Waals surface area contributed by atoms with Gasteiger partial charge in [0.25, 0.3) is 0 Å². The molecule has 1 amide bonds. The lowest BCUT2D eigenvalue weighted by Gasteiger charge is -2.33. The highest BCUT2D eigenvalue weighted by atomic mass is 19.4. The van der Waals surface area contributed by atoms with E-state index in [1.807, 2.05) is 32.0 Å². The Morgan fingerprint density at radius 1 is 1.03 bits per heavy atom. The van der Waals surface area contributed by atoms with E-state index in [9.17, 15) is 18.0 Å². The molecule has 1 atom stereocenters. The molecule has 0 radical (unpaired) electrons. The fourth-order valence-electron chi connectivity index (χ4n) is 3.84. The van der Waals surface area contributed by atoms with E-state index in [4.69, 9.17) is 0 Å². The van der Waals surface area contributed by atoms with Crippen molar-refractivity contribution in [1.82, 2.24) is 10.2 Å². The number of piperidine rings is 1. The number of benzene rings is 2. The summed E-state index contributed by atoms with van der Waals surface area (Å²) in [5.74, 6) is -0.128. The van der Waals surface area contributed by atoms with Crippen molar-refractivity contribution < 1.29 is 18.0 Å². The van der Waals surface area contributed by atoms with Crippen molar-refractivity contribution in [2.24, 2.45) is 5.92 Å². The molecule has 1 aliphatic rings. The zero-order valence-corrected chi connectivity index (χ0v) is 18.0. The number of rotatable bonds is 7. The molecule has 7 heteroatoms. The van der Waals surface area contributed by atoms with Gasteiger partial charge in [0.1, 0.15) is 6.04 Å². The summed E-state index contributed by atoms with van der Waals surface area (Å²) in [7, 11) is 0. The quantitative estimate of drug-likeness (QED) is 0.651. The molecular formula is C24H30F3N3O. The van der Waals surface area contributed by atoms with E-state index >= 15 is 0 Å². The molecule has 2 aromatic carbocycles. The summed E-state index contributed by atoms with van der Waals surface area (Å²) in [6.07, 6.45) is -2.62. The number of anilines is 1. The summed E-state index contributed by atoms with van der Waals surface area (Å²) in [4.78, 5) is 15.3. The van der Waals surface area contributed by atoms with Gasteiger partial charge in [0.15, 0.2) is 0 Å². The summed E-state index contributed by atoms with van der Waals surface area (Å²) in [6.45, 7) is 6.58. The number of halogens is 3. The first-order valence-electron chi connectivity index (χ1n) is 10.7. The number of nitrogens with one attached hydrogen (secondary N) is 2. The molecule has 3 rings (SSSR count).